The molecule has 0 saturated heterocycles. The number of amides is 1. The van der Waals surface area contributed by atoms with Gasteiger partial charge < -0.3 is 16.4 Å². The Morgan fingerprint density at radius 1 is 1.00 bits per heavy atom. The molecule has 0 heterocycles. The van der Waals surface area contributed by atoms with Crippen LogP contribution in [0.15, 0.2) is 42.5 Å². The standard InChI is InChI=1S/C23H30F3N3O/c1-2-3-4-5-8-22(30)29-21-14-13-19(16-20(21)27)28-15-6-7-17-9-11-18(12-10-17)23(24,25)26/h9-14,16,28H,2-8,15,27H2,1H3,(H,29,30). The summed E-state index contributed by atoms with van der Waals surface area (Å²) in [5, 5.41) is 6.09. The van der Waals surface area contributed by atoms with Crippen molar-refractivity contribution in [2.45, 2.75) is 58.0 Å². The largest absolute Gasteiger partial charge is 0.416 e. The first-order valence-corrected chi connectivity index (χ1v) is 10.4. The molecular weight excluding hydrogens is 391 g/mol. The number of carbonyl (C=O) groups excluding carboxylic acids is 1. The quantitative estimate of drug-likeness (QED) is 0.297. The van der Waals surface area contributed by atoms with Crippen LogP contribution in [0.1, 0.15) is 56.6 Å². The molecule has 0 radical (unpaired) electrons. The topological polar surface area (TPSA) is 67.2 Å². The highest BCUT2D eigenvalue weighted by Gasteiger charge is 2.29. The van der Waals surface area contributed by atoms with Crippen molar-refractivity contribution < 1.29 is 18.0 Å². The van der Waals surface area contributed by atoms with Crippen molar-refractivity contribution in [2.75, 3.05) is 22.9 Å². The Labute approximate surface area is 176 Å². The smallest absolute Gasteiger partial charge is 0.397 e. The minimum Gasteiger partial charge on any atom is -0.397 e. The number of hydrogen-bond acceptors (Lipinski definition) is 3. The van der Waals surface area contributed by atoms with E-state index in [0.29, 0.717) is 30.8 Å². The van der Waals surface area contributed by atoms with Crippen LogP contribution < -0.4 is 16.4 Å². The molecule has 7 heteroatoms. The van der Waals surface area contributed by atoms with Crippen molar-refractivity contribution in [1.29, 1.82) is 0 Å². The maximum atomic E-state index is 12.6. The maximum absolute atomic E-state index is 12.6. The highest BCUT2D eigenvalue weighted by Crippen LogP contribution is 2.29. The Morgan fingerprint density at radius 2 is 1.73 bits per heavy atom. The van der Waals surface area contributed by atoms with Crippen molar-refractivity contribution in [1.82, 2.24) is 0 Å². The number of benzene rings is 2. The summed E-state index contributed by atoms with van der Waals surface area (Å²) in [5.41, 5.74) is 8.20. The van der Waals surface area contributed by atoms with Crippen molar-refractivity contribution >= 4 is 23.0 Å². The van der Waals surface area contributed by atoms with Gasteiger partial charge in [0.1, 0.15) is 0 Å². The van der Waals surface area contributed by atoms with Gasteiger partial charge in [-0.1, -0.05) is 38.3 Å². The van der Waals surface area contributed by atoms with E-state index in [0.717, 1.165) is 55.5 Å². The summed E-state index contributed by atoms with van der Waals surface area (Å²) in [5.74, 6) is -0.0324. The van der Waals surface area contributed by atoms with Crippen LogP contribution in [0, 0.1) is 0 Å². The van der Waals surface area contributed by atoms with Crippen molar-refractivity contribution in [3.05, 3.63) is 53.6 Å². The van der Waals surface area contributed by atoms with Gasteiger partial charge >= 0.3 is 6.18 Å². The third-order valence-corrected chi connectivity index (χ3v) is 4.84. The Bertz CT molecular complexity index is 804. The Balaban J connectivity index is 1.74. The first-order valence-electron chi connectivity index (χ1n) is 10.4. The number of nitrogen functional groups attached to an aromatic ring is 1. The van der Waals surface area contributed by atoms with Gasteiger partial charge in [0.25, 0.3) is 0 Å². The van der Waals surface area contributed by atoms with Crippen LogP contribution in [-0.2, 0) is 17.4 Å². The molecule has 1 amide bonds. The van der Waals surface area contributed by atoms with E-state index in [1.54, 1.807) is 12.1 Å². The first-order chi connectivity index (χ1) is 14.3. The summed E-state index contributed by atoms with van der Waals surface area (Å²) in [7, 11) is 0. The monoisotopic (exact) mass is 421 g/mol. The van der Waals surface area contributed by atoms with Gasteiger partial charge in [-0.25, -0.2) is 0 Å². The third-order valence-electron chi connectivity index (χ3n) is 4.84. The summed E-state index contributed by atoms with van der Waals surface area (Å²) in [6, 6.07) is 10.6. The van der Waals surface area contributed by atoms with Crippen molar-refractivity contribution in [3.8, 4) is 0 Å². The number of alkyl halides is 3. The van der Waals surface area contributed by atoms with Crippen molar-refractivity contribution in [2.24, 2.45) is 0 Å². The number of anilines is 3. The molecule has 4 nitrogen and oxygen atoms in total. The molecule has 0 aromatic heterocycles. The second-order valence-corrected chi connectivity index (χ2v) is 7.39. The zero-order valence-electron chi connectivity index (χ0n) is 17.3. The Morgan fingerprint density at radius 3 is 2.37 bits per heavy atom. The molecule has 0 atom stereocenters. The van der Waals surface area contributed by atoms with E-state index >= 15 is 0 Å². The van der Waals surface area contributed by atoms with Crippen LogP contribution in [-0.4, -0.2) is 12.5 Å². The van der Waals surface area contributed by atoms with Gasteiger partial charge in [-0.3, -0.25) is 4.79 Å². The molecule has 4 N–H and O–H groups in total. The lowest BCUT2D eigenvalue weighted by Gasteiger charge is -2.12. The molecule has 164 valence electrons. The van der Waals surface area contributed by atoms with E-state index in [1.165, 1.54) is 12.1 Å². The highest BCUT2D eigenvalue weighted by molar-refractivity contribution is 5.94. The SMILES string of the molecule is CCCCCCC(=O)Nc1ccc(NCCCc2ccc(C(F)(F)F)cc2)cc1N. The third kappa shape index (κ3) is 7.97. The molecular formula is C23H30F3N3O. The van der Waals surface area contributed by atoms with Gasteiger partial charge in [0.15, 0.2) is 0 Å². The lowest BCUT2D eigenvalue weighted by atomic mass is 10.1. The molecule has 0 saturated carbocycles. The lowest BCUT2D eigenvalue weighted by molar-refractivity contribution is -0.137. The van der Waals surface area contributed by atoms with Gasteiger partial charge in [-0.05, 0) is 55.2 Å². The fraction of sp³-hybridized carbons (Fsp3) is 0.435. The number of nitrogens with two attached hydrogens (primary N) is 1. The molecule has 0 spiro atoms. The number of halogens is 3. The minimum absolute atomic E-state index is 0.0324. The second kappa shape index (κ2) is 11.5. The molecule has 0 unspecified atom stereocenters. The average Bonchev–Trinajstić information content (AvgIpc) is 2.70. The summed E-state index contributed by atoms with van der Waals surface area (Å²) in [6.07, 6.45) is 1.81. The molecule has 0 aliphatic heterocycles. The maximum Gasteiger partial charge on any atom is 0.416 e. The van der Waals surface area contributed by atoms with Gasteiger partial charge in [0.05, 0.1) is 16.9 Å². The number of unbranched alkanes of at least 4 members (excludes halogenated alkanes) is 3. The predicted molar refractivity (Wildman–Crippen MR) is 116 cm³/mol. The number of nitrogens with one attached hydrogen (secondary N) is 2. The van der Waals surface area contributed by atoms with Crippen LogP contribution in [0.2, 0.25) is 0 Å². The molecule has 30 heavy (non-hydrogen) atoms. The summed E-state index contributed by atoms with van der Waals surface area (Å²) in [6.45, 7) is 2.79. The molecule has 0 aliphatic rings. The van der Waals surface area contributed by atoms with E-state index in [-0.39, 0.29) is 5.91 Å². The molecule has 2 aromatic rings. The zero-order valence-corrected chi connectivity index (χ0v) is 17.3. The highest BCUT2D eigenvalue weighted by atomic mass is 19.4. The molecule has 2 rings (SSSR count). The average molecular weight is 422 g/mol. The molecule has 2 aromatic carbocycles. The predicted octanol–water partition coefficient (Wildman–Crippen LogP) is 6.24. The van der Waals surface area contributed by atoms with E-state index < -0.39 is 11.7 Å². The second-order valence-electron chi connectivity index (χ2n) is 7.39. The Kier molecular flexibility index (Phi) is 9.02. The fourth-order valence-electron chi connectivity index (χ4n) is 3.10. The van der Waals surface area contributed by atoms with Crippen molar-refractivity contribution in [3.63, 3.8) is 0 Å². The summed E-state index contributed by atoms with van der Waals surface area (Å²) >= 11 is 0. The van der Waals surface area contributed by atoms with E-state index in [4.69, 9.17) is 5.73 Å². The van der Waals surface area contributed by atoms with Crippen LogP contribution in [0.3, 0.4) is 0 Å². The molecule has 0 bridgehead atoms. The first kappa shape index (κ1) is 23.6. The minimum atomic E-state index is -4.30. The summed E-state index contributed by atoms with van der Waals surface area (Å²) in [4.78, 5) is 12.0. The Hall–Kier alpha value is -2.70. The molecule has 0 aliphatic carbocycles. The fourth-order valence-corrected chi connectivity index (χ4v) is 3.10. The van der Waals surface area contributed by atoms with Crippen LogP contribution in [0.4, 0.5) is 30.2 Å². The van der Waals surface area contributed by atoms with Gasteiger partial charge in [0, 0.05) is 18.7 Å². The normalized spacial score (nSPS) is 11.3. The van der Waals surface area contributed by atoms with Crippen LogP contribution in [0.25, 0.3) is 0 Å². The van der Waals surface area contributed by atoms with E-state index in [2.05, 4.69) is 17.6 Å². The number of hydrogen-bond donors (Lipinski definition) is 3. The van der Waals surface area contributed by atoms with Crippen LogP contribution in [0.5, 0.6) is 0 Å². The number of carbonyl (C=O) groups is 1. The van der Waals surface area contributed by atoms with Gasteiger partial charge in [-0.15, -0.1) is 0 Å². The van der Waals surface area contributed by atoms with Gasteiger partial charge in [-0.2, -0.15) is 13.2 Å². The van der Waals surface area contributed by atoms with E-state index in [1.807, 2.05) is 6.07 Å². The number of aryl methyl sites for hydroxylation is 1. The van der Waals surface area contributed by atoms with E-state index in [9.17, 15) is 18.0 Å². The number of rotatable bonds is 11. The van der Waals surface area contributed by atoms with Crippen LogP contribution >= 0.6 is 0 Å². The summed E-state index contributed by atoms with van der Waals surface area (Å²) < 4.78 is 37.8. The molecule has 0 fully saturated rings. The zero-order chi connectivity index (χ0) is 22.0. The lowest BCUT2D eigenvalue weighted by Crippen LogP contribution is -2.13. The van der Waals surface area contributed by atoms with Gasteiger partial charge in [0.2, 0.25) is 5.91 Å².